The first-order valence-corrected chi connectivity index (χ1v) is 14.6. The van der Waals surface area contributed by atoms with Gasteiger partial charge >= 0.3 is 0 Å². The van der Waals surface area contributed by atoms with Crippen LogP contribution >= 0.6 is 23.5 Å². The largest absolute Gasteiger partial charge is 0.377 e. The van der Waals surface area contributed by atoms with Crippen LogP contribution in [-0.4, -0.2) is 62.2 Å². The zero-order chi connectivity index (χ0) is 26.5. The van der Waals surface area contributed by atoms with Crippen molar-refractivity contribution >= 4 is 29.2 Å². The number of thioether (sulfide) groups is 2. The second kappa shape index (κ2) is 12.1. The van der Waals surface area contributed by atoms with Gasteiger partial charge in [-0.2, -0.15) is 0 Å². The van der Waals surface area contributed by atoms with Gasteiger partial charge in [0.2, 0.25) is 10.9 Å². The van der Waals surface area contributed by atoms with E-state index in [0.29, 0.717) is 35.5 Å². The maximum atomic E-state index is 16.2. The Morgan fingerprint density at radius 2 is 1.71 bits per heavy atom. The van der Waals surface area contributed by atoms with Crippen molar-refractivity contribution < 1.29 is 23.7 Å². The number of imidazole rings is 1. The van der Waals surface area contributed by atoms with Crippen molar-refractivity contribution in [2.45, 2.75) is 54.0 Å². The summed E-state index contributed by atoms with van der Waals surface area (Å²) in [4.78, 5) is 8.84. The molecule has 200 valence electrons. The molecule has 0 amide bonds. The van der Waals surface area contributed by atoms with Crippen molar-refractivity contribution in [1.29, 1.82) is 0 Å². The van der Waals surface area contributed by atoms with Gasteiger partial charge in [-0.05, 0) is 30.1 Å². The predicted molar refractivity (Wildman–Crippen MR) is 144 cm³/mol. The Balaban J connectivity index is 1.39. The van der Waals surface area contributed by atoms with Gasteiger partial charge in [-0.1, -0.05) is 72.4 Å². The predicted octanol–water partition coefficient (Wildman–Crippen LogP) is 4.64. The molecule has 1 aliphatic heterocycles. The van der Waals surface area contributed by atoms with Crippen molar-refractivity contribution in [3.63, 3.8) is 0 Å². The van der Waals surface area contributed by atoms with Gasteiger partial charge < -0.3 is 19.3 Å². The molecule has 8 nitrogen and oxygen atoms in total. The van der Waals surface area contributed by atoms with Gasteiger partial charge in [0.05, 0.1) is 25.5 Å². The third kappa shape index (κ3) is 5.58. The van der Waals surface area contributed by atoms with E-state index in [4.69, 9.17) is 14.2 Å². The number of rotatable bonds is 11. The Morgan fingerprint density at radius 1 is 1.03 bits per heavy atom. The average molecular weight is 557 g/mol. The number of ether oxygens (including phenoxy) is 3. The number of hydrogen-bond donors (Lipinski definition) is 1. The molecule has 0 spiro atoms. The summed E-state index contributed by atoms with van der Waals surface area (Å²) in [5, 5.41) is 17.2. The number of hydrogen-bond acceptors (Lipinski definition) is 9. The first-order chi connectivity index (χ1) is 18.5. The number of alkyl halides is 1. The minimum absolute atomic E-state index is 0.0917. The monoisotopic (exact) mass is 556 g/mol. The van der Waals surface area contributed by atoms with E-state index in [1.165, 1.54) is 34.2 Å². The lowest BCUT2D eigenvalue weighted by Crippen LogP contribution is -2.40. The van der Waals surface area contributed by atoms with E-state index in [0.717, 1.165) is 11.1 Å². The molecule has 0 bridgehead atoms. The highest BCUT2D eigenvalue weighted by molar-refractivity contribution is 7.99. The van der Waals surface area contributed by atoms with E-state index in [-0.39, 0.29) is 12.3 Å². The molecular weight excluding hydrogens is 527 g/mol. The summed E-state index contributed by atoms with van der Waals surface area (Å²) >= 11 is 2.74. The van der Waals surface area contributed by atoms with E-state index >= 15 is 4.39 Å². The molecule has 2 aromatic heterocycles. The summed E-state index contributed by atoms with van der Waals surface area (Å²) in [5.74, 6) is -2.31. The molecule has 1 fully saturated rings. The lowest BCUT2D eigenvalue weighted by Gasteiger charge is -2.24. The number of nitrogens with zero attached hydrogens (tertiary/aromatic N) is 4. The van der Waals surface area contributed by atoms with Crippen molar-refractivity contribution in [2.75, 3.05) is 19.1 Å². The van der Waals surface area contributed by atoms with E-state index in [1.54, 1.807) is 0 Å². The smallest absolute Gasteiger partial charge is 0.247 e. The number of benzene rings is 2. The third-order valence-corrected chi connectivity index (χ3v) is 7.56. The number of fused-ring (bicyclic) bond motifs is 1. The molecule has 0 saturated carbocycles. The zero-order valence-electron chi connectivity index (χ0n) is 21.1. The van der Waals surface area contributed by atoms with Crippen molar-refractivity contribution in [3.8, 4) is 0 Å². The second-order valence-electron chi connectivity index (χ2n) is 8.83. The minimum Gasteiger partial charge on any atom is -0.377 e. The fraction of sp³-hybridized carbons (Fsp3) is 0.370. The Kier molecular flexibility index (Phi) is 8.61. The van der Waals surface area contributed by atoms with Crippen LogP contribution in [0.15, 0.2) is 77.0 Å². The van der Waals surface area contributed by atoms with Crippen LogP contribution in [0.4, 0.5) is 4.39 Å². The summed E-state index contributed by atoms with van der Waals surface area (Å²) in [5.41, 5.74) is 2.45. The summed E-state index contributed by atoms with van der Waals surface area (Å²) < 4.78 is 35.5. The van der Waals surface area contributed by atoms with Gasteiger partial charge in [0, 0.05) is 6.61 Å². The quantitative estimate of drug-likeness (QED) is 0.210. The lowest BCUT2D eigenvalue weighted by atomic mass is 10.0. The lowest BCUT2D eigenvalue weighted by molar-refractivity contribution is -0.228. The van der Waals surface area contributed by atoms with Crippen LogP contribution in [0, 0.1) is 0 Å². The zero-order valence-corrected chi connectivity index (χ0v) is 22.7. The Morgan fingerprint density at radius 3 is 2.37 bits per heavy atom. The molecule has 11 heteroatoms. The molecule has 0 unspecified atom stereocenters. The molecule has 4 atom stereocenters. The van der Waals surface area contributed by atoms with Gasteiger partial charge in [-0.15, -0.1) is 16.9 Å². The van der Waals surface area contributed by atoms with Crippen LogP contribution in [-0.2, 0) is 33.2 Å². The first-order valence-electron chi connectivity index (χ1n) is 12.2. The molecule has 38 heavy (non-hydrogen) atoms. The molecular formula is C27H29FN4O4S2. The van der Waals surface area contributed by atoms with Crippen molar-refractivity contribution in [1.82, 2.24) is 19.6 Å². The van der Waals surface area contributed by atoms with Crippen molar-refractivity contribution in [3.05, 3.63) is 83.7 Å². The molecule has 2 aromatic carbocycles. The second-order valence-corrected chi connectivity index (χ2v) is 10.4. The average Bonchev–Trinajstić information content (AvgIpc) is 3.50. The van der Waals surface area contributed by atoms with Gasteiger partial charge in [-0.3, -0.25) is 0 Å². The summed E-state index contributed by atoms with van der Waals surface area (Å²) in [6.07, 6.45) is 1.75. The van der Waals surface area contributed by atoms with Gasteiger partial charge in [0.25, 0.3) is 0 Å². The minimum atomic E-state index is -2.31. The highest BCUT2D eigenvalue weighted by atomic mass is 32.2. The molecule has 1 aliphatic rings. The van der Waals surface area contributed by atoms with Crippen molar-refractivity contribution in [2.24, 2.45) is 0 Å². The van der Waals surface area contributed by atoms with Crippen LogP contribution in [0.1, 0.15) is 23.2 Å². The van der Waals surface area contributed by atoms with Crippen LogP contribution in [0.25, 0.3) is 5.65 Å². The standard InChI is InChI=1S/C27H29FN4O4S2/c1-37-25-24-29-15-21(32(24)31-26(30-25)38-2)27(33)23(28)22(35-17-19-11-7-4-8-12-19)20(36-27)13-14-34-16-18-9-5-3-6-10-18/h3-12,15,20,22-23,33H,13-14,16-17H2,1-2H3/t20-,22-,23-,27+/m1/s1. The Bertz CT molecular complexity index is 1350. The molecule has 3 heterocycles. The maximum Gasteiger partial charge on any atom is 0.247 e. The molecule has 4 aromatic rings. The van der Waals surface area contributed by atoms with E-state index < -0.39 is 24.2 Å². The van der Waals surface area contributed by atoms with Gasteiger partial charge in [0.15, 0.2) is 11.8 Å². The molecule has 0 aliphatic carbocycles. The number of halogens is 1. The molecule has 0 radical (unpaired) electrons. The van der Waals surface area contributed by atoms with Gasteiger partial charge in [0.1, 0.15) is 16.8 Å². The molecule has 1 saturated heterocycles. The van der Waals surface area contributed by atoms with Crippen LogP contribution in [0.3, 0.4) is 0 Å². The first kappa shape index (κ1) is 27.0. The molecule has 5 rings (SSSR count). The van der Waals surface area contributed by atoms with Crippen LogP contribution in [0.2, 0.25) is 0 Å². The maximum absolute atomic E-state index is 16.2. The summed E-state index contributed by atoms with van der Waals surface area (Å²) in [6, 6.07) is 19.3. The number of aromatic nitrogens is 4. The molecule has 1 N–H and O–H groups in total. The van der Waals surface area contributed by atoms with Crippen LogP contribution < -0.4 is 0 Å². The van der Waals surface area contributed by atoms with E-state index in [1.807, 2.05) is 73.2 Å². The Labute approximate surface area is 228 Å². The van der Waals surface area contributed by atoms with Crippen LogP contribution in [0.5, 0.6) is 0 Å². The van der Waals surface area contributed by atoms with E-state index in [9.17, 15) is 5.11 Å². The topological polar surface area (TPSA) is 91.0 Å². The highest BCUT2D eigenvalue weighted by Gasteiger charge is 2.58. The number of aliphatic hydroxyl groups is 1. The SMILES string of the molecule is CSc1nc(SC)c2ncc([C@]3(O)O[C@H](CCOCc4ccccc4)[C@@H](OCc4ccccc4)[C@H]3F)n2n1. The summed E-state index contributed by atoms with van der Waals surface area (Å²) in [6.45, 7) is 0.900. The highest BCUT2D eigenvalue weighted by Crippen LogP contribution is 2.43. The third-order valence-electron chi connectivity index (χ3n) is 6.36. The fourth-order valence-corrected chi connectivity index (χ4v) is 5.33. The Hall–Kier alpha value is -2.54. The fourth-order valence-electron chi connectivity index (χ4n) is 4.43. The van der Waals surface area contributed by atoms with E-state index in [2.05, 4.69) is 15.1 Å². The normalized spacial score (nSPS) is 23.3. The van der Waals surface area contributed by atoms with Gasteiger partial charge in [-0.25, -0.2) is 18.9 Å². The summed E-state index contributed by atoms with van der Waals surface area (Å²) in [7, 11) is 0.